The molecule has 5 atom stereocenters. The molecule has 0 amide bonds. The zero-order chi connectivity index (χ0) is 11.4. The summed E-state index contributed by atoms with van der Waals surface area (Å²) in [6.07, 6.45) is -4.64. The van der Waals surface area contributed by atoms with Crippen molar-refractivity contribution in [3.05, 3.63) is 12.7 Å². The maximum absolute atomic E-state index is 9.47. The minimum absolute atomic E-state index is 0. The van der Waals surface area contributed by atoms with Crippen LogP contribution in [0.3, 0.4) is 0 Å². The molecule has 4 radical (unpaired) electrons. The van der Waals surface area contributed by atoms with Gasteiger partial charge in [0, 0.05) is 176 Å². The van der Waals surface area contributed by atoms with Crippen LogP contribution in [0.15, 0.2) is 12.7 Å². The Morgan fingerprint density at radius 1 is 1.00 bits per heavy atom. The van der Waals surface area contributed by atoms with Gasteiger partial charge in [-0.2, -0.15) is 0 Å². The second-order valence-corrected chi connectivity index (χ2v) is 3.32. The first-order valence-corrected chi connectivity index (χ1v) is 4.64. The Morgan fingerprint density at radius 2 is 1.53 bits per heavy atom. The van der Waals surface area contributed by atoms with Crippen molar-refractivity contribution in [2.75, 3.05) is 13.2 Å². The molecule has 100 valence electrons. The molecular weight excluding hydrogens is 1110 g/mol. The van der Waals surface area contributed by atoms with Crippen LogP contribution in [0, 0.1) is 176 Å². The molecule has 0 spiro atoms. The van der Waals surface area contributed by atoms with E-state index in [0.29, 0.717) is 0 Å². The van der Waals surface area contributed by atoms with Crippen LogP contribution >= 0.6 is 0 Å². The molecule has 1 aliphatic rings. The average Bonchev–Trinajstić information content (AvgIpc) is 2.25. The van der Waals surface area contributed by atoms with Gasteiger partial charge in [-0.1, -0.05) is 6.08 Å². The molecule has 1 fully saturated rings. The summed E-state index contributed by atoms with van der Waals surface area (Å²) in [7, 11) is 0. The van der Waals surface area contributed by atoms with Gasteiger partial charge in [0.15, 0.2) is 6.29 Å². The second kappa shape index (κ2) is 18.1. The molecule has 0 bridgehead atoms. The number of rotatable bonds is 4. The molecule has 0 saturated carbocycles. The van der Waals surface area contributed by atoms with Gasteiger partial charge in [0.1, 0.15) is 24.4 Å². The molecule has 5 unspecified atom stereocenters. The summed E-state index contributed by atoms with van der Waals surface area (Å²) in [5.41, 5.74) is 0. The van der Waals surface area contributed by atoms with Crippen LogP contribution in [-0.4, -0.2) is 64.3 Å². The zero-order valence-electron chi connectivity index (χ0n) is 10.5. The first-order chi connectivity index (χ1) is 7.11. The molecule has 0 aromatic heterocycles. The maximum Gasteiger partial charge on any atom is 0.187 e. The number of aliphatic hydroxyl groups excluding tert-OH is 4. The van der Waals surface area contributed by atoms with Gasteiger partial charge in [-0.25, -0.2) is 0 Å². The van der Waals surface area contributed by atoms with Gasteiger partial charge in [0.25, 0.3) is 0 Å². The van der Waals surface area contributed by atoms with Gasteiger partial charge in [0.05, 0.1) is 13.2 Å². The molecule has 0 aliphatic carbocycles. The fraction of sp³-hybridized carbons (Fsp3) is 0.778. The topological polar surface area (TPSA) is 99.4 Å². The Bertz CT molecular complexity index is 221. The predicted molar refractivity (Wildman–Crippen MR) is 49.9 cm³/mol. The first kappa shape index (κ1) is 32.0. The van der Waals surface area contributed by atoms with Crippen molar-refractivity contribution in [1.82, 2.24) is 0 Å². The molecule has 0 aromatic rings. The van der Waals surface area contributed by atoms with Gasteiger partial charge in [-0.3, -0.25) is 0 Å². The van der Waals surface area contributed by atoms with E-state index in [0.717, 1.165) is 0 Å². The van der Waals surface area contributed by atoms with E-state index in [-0.39, 0.29) is 183 Å². The van der Waals surface area contributed by atoms with Crippen LogP contribution in [0.4, 0.5) is 0 Å². The third-order valence-electron chi connectivity index (χ3n) is 2.23. The summed E-state index contributed by atoms with van der Waals surface area (Å²) in [6, 6.07) is 0. The van der Waals surface area contributed by atoms with Gasteiger partial charge >= 0.3 is 0 Å². The standard InChI is InChI=1S/C9H16O6.4Ac/c1-2-3-14-9-8(13)7(12)6(11)5(4-10)15-9;;;;/h2,5-13H,1,3-4H2;;;;. The van der Waals surface area contributed by atoms with Gasteiger partial charge < -0.3 is 29.9 Å². The van der Waals surface area contributed by atoms with Crippen LogP contribution < -0.4 is 0 Å². The number of hydrogen-bond acceptors (Lipinski definition) is 6. The van der Waals surface area contributed by atoms with E-state index in [1.165, 1.54) is 6.08 Å². The van der Waals surface area contributed by atoms with Crippen molar-refractivity contribution in [3.63, 3.8) is 0 Å². The summed E-state index contributed by atoms with van der Waals surface area (Å²) in [4.78, 5) is 0. The Labute approximate surface area is 256 Å². The molecule has 1 aliphatic heterocycles. The van der Waals surface area contributed by atoms with Crippen molar-refractivity contribution in [3.8, 4) is 0 Å². The van der Waals surface area contributed by atoms with Crippen LogP contribution in [0.5, 0.6) is 0 Å². The van der Waals surface area contributed by atoms with Crippen molar-refractivity contribution in [2.24, 2.45) is 0 Å². The normalized spacial score (nSPS) is 32.7. The molecule has 1 rings (SSSR count). The second-order valence-electron chi connectivity index (χ2n) is 3.32. The van der Waals surface area contributed by atoms with Crippen LogP contribution in [-0.2, 0) is 9.47 Å². The Balaban J connectivity index is -0.000000281. The number of ether oxygens (including phenoxy) is 2. The molecule has 6 nitrogen and oxygen atoms in total. The largest absolute Gasteiger partial charge is 0.394 e. The monoisotopic (exact) mass is 1130 g/mol. The quantitative estimate of drug-likeness (QED) is 0.244. The minimum Gasteiger partial charge on any atom is -0.394 e. The summed E-state index contributed by atoms with van der Waals surface area (Å²) in [6.45, 7) is 3.10. The van der Waals surface area contributed by atoms with E-state index >= 15 is 0 Å². The zero-order valence-corrected chi connectivity index (χ0v) is 29.5. The number of hydrogen-bond donors (Lipinski definition) is 4. The molecule has 10 heteroatoms. The SMILES string of the molecule is C=CCOC1OC(CO)C(O)C(O)C1O.[Ac].[Ac].[Ac].[Ac]. The van der Waals surface area contributed by atoms with Crippen molar-refractivity contribution in [1.29, 1.82) is 0 Å². The smallest absolute Gasteiger partial charge is 0.187 e. The summed E-state index contributed by atoms with van der Waals surface area (Å²) < 4.78 is 10.1. The molecule has 1 heterocycles. The van der Waals surface area contributed by atoms with Gasteiger partial charge in [-0.15, -0.1) is 6.58 Å². The average molecular weight is 1130 g/mol. The maximum atomic E-state index is 9.47. The van der Waals surface area contributed by atoms with Gasteiger partial charge in [-0.05, 0) is 0 Å². The van der Waals surface area contributed by atoms with E-state index in [9.17, 15) is 15.3 Å². The summed E-state index contributed by atoms with van der Waals surface area (Å²) >= 11 is 0. The molecule has 19 heavy (non-hydrogen) atoms. The van der Waals surface area contributed by atoms with Gasteiger partial charge in [0.2, 0.25) is 0 Å². The Hall–Kier alpha value is 5.27. The fourth-order valence-corrected chi connectivity index (χ4v) is 1.37. The summed E-state index contributed by atoms with van der Waals surface area (Å²) in [5, 5.41) is 37.1. The third kappa shape index (κ3) is 10.8. The van der Waals surface area contributed by atoms with E-state index in [2.05, 4.69) is 6.58 Å². The Kier molecular flexibility index (Phi) is 30.4. The predicted octanol–water partition coefficient (Wildman–Crippen LogP) is -2.01. The van der Waals surface area contributed by atoms with Crippen LogP contribution in [0.25, 0.3) is 0 Å². The van der Waals surface area contributed by atoms with Crippen LogP contribution in [0.2, 0.25) is 0 Å². The third-order valence-corrected chi connectivity index (χ3v) is 2.23. The number of aliphatic hydroxyl groups is 4. The van der Waals surface area contributed by atoms with Crippen LogP contribution in [0.1, 0.15) is 0 Å². The molecule has 1 saturated heterocycles. The van der Waals surface area contributed by atoms with E-state index in [1.807, 2.05) is 0 Å². The van der Waals surface area contributed by atoms with Crippen molar-refractivity contribution < 1.29 is 206 Å². The van der Waals surface area contributed by atoms with E-state index in [1.54, 1.807) is 0 Å². The Morgan fingerprint density at radius 3 is 1.95 bits per heavy atom. The molecule has 0 aromatic carbocycles. The fourth-order valence-electron chi connectivity index (χ4n) is 1.37. The van der Waals surface area contributed by atoms with Crippen molar-refractivity contribution in [2.45, 2.75) is 30.7 Å². The first-order valence-electron chi connectivity index (χ1n) is 4.64. The van der Waals surface area contributed by atoms with E-state index < -0.39 is 37.3 Å². The molecular formula is C9H16Ac4O6. The van der Waals surface area contributed by atoms with Crippen molar-refractivity contribution >= 4 is 0 Å². The summed E-state index contributed by atoms with van der Waals surface area (Å²) in [5.74, 6) is 0. The minimum atomic E-state index is -1.40. The van der Waals surface area contributed by atoms with E-state index in [4.69, 9.17) is 14.6 Å². The molecule has 4 N–H and O–H groups in total.